The number of aromatic nitrogens is 1. The van der Waals surface area contributed by atoms with Gasteiger partial charge in [-0.2, -0.15) is 0 Å². The molecule has 0 aromatic carbocycles. The van der Waals surface area contributed by atoms with E-state index < -0.39 is 0 Å². The van der Waals surface area contributed by atoms with Crippen molar-refractivity contribution in [2.75, 3.05) is 13.2 Å². The molecule has 0 atom stereocenters. The van der Waals surface area contributed by atoms with Crippen molar-refractivity contribution in [1.82, 2.24) is 5.16 Å². The lowest BCUT2D eigenvalue weighted by Crippen LogP contribution is -2.05. The maximum Gasteiger partial charge on any atom is 0.254 e. The molecule has 4 nitrogen and oxygen atoms in total. The molecule has 0 aliphatic rings. The summed E-state index contributed by atoms with van der Waals surface area (Å²) in [7, 11) is 0. The first kappa shape index (κ1) is 8.07. The smallest absolute Gasteiger partial charge is 0.254 e. The van der Waals surface area contributed by atoms with Gasteiger partial charge in [-0.05, 0) is 25.0 Å². The number of nitrogens with zero attached hydrogens (tertiary/aromatic N) is 1. The second-order valence-electron chi connectivity index (χ2n) is 2.27. The van der Waals surface area contributed by atoms with Gasteiger partial charge in [0, 0.05) is 6.07 Å². The summed E-state index contributed by atoms with van der Waals surface area (Å²) in [6.07, 6.45) is 0.839. The van der Waals surface area contributed by atoms with Crippen LogP contribution in [0.1, 0.15) is 12.2 Å². The van der Waals surface area contributed by atoms with E-state index >= 15 is 0 Å². The fraction of sp³-hybridized carbons (Fsp3) is 0.571. The van der Waals surface area contributed by atoms with Crippen molar-refractivity contribution in [1.29, 1.82) is 0 Å². The fourth-order valence-corrected chi connectivity index (χ4v) is 0.672. The molecular formula is C7H12N2O2. The second kappa shape index (κ2) is 3.98. The minimum Gasteiger partial charge on any atom is -0.475 e. The molecule has 0 bridgehead atoms. The van der Waals surface area contributed by atoms with Crippen LogP contribution in [0.15, 0.2) is 10.6 Å². The molecule has 0 saturated heterocycles. The Kier molecular flexibility index (Phi) is 2.92. The monoisotopic (exact) mass is 156 g/mol. The number of nitrogens with two attached hydrogens (primary N) is 1. The first-order valence-corrected chi connectivity index (χ1v) is 3.59. The Morgan fingerprint density at radius 3 is 3.09 bits per heavy atom. The van der Waals surface area contributed by atoms with Crippen LogP contribution in [0.5, 0.6) is 5.88 Å². The van der Waals surface area contributed by atoms with Crippen molar-refractivity contribution < 1.29 is 9.26 Å². The Balaban J connectivity index is 2.27. The van der Waals surface area contributed by atoms with E-state index in [1.54, 1.807) is 6.07 Å². The third-order valence-corrected chi connectivity index (χ3v) is 1.20. The lowest BCUT2D eigenvalue weighted by atomic mass is 10.5. The summed E-state index contributed by atoms with van der Waals surface area (Å²) in [5, 5.41) is 3.65. The molecule has 2 N–H and O–H groups in total. The van der Waals surface area contributed by atoms with E-state index in [1.165, 1.54) is 0 Å². The summed E-state index contributed by atoms with van der Waals surface area (Å²) in [5.41, 5.74) is 5.27. The van der Waals surface area contributed by atoms with Gasteiger partial charge in [0.25, 0.3) is 5.88 Å². The minimum atomic E-state index is 0.538. The lowest BCUT2D eigenvalue weighted by molar-refractivity contribution is 0.274. The predicted molar refractivity (Wildman–Crippen MR) is 40.4 cm³/mol. The van der Waals surface area contributed by atoms with Gasteiger partial charge in [-0.1, -0.05) is 0 Å². The van der Waals surface area contributed by atoms with E-state index in [4.69, 9.17) is 15.0 Å². The van der Waals surface area contributed by atoms with Gasteiger partial charge in [0.2, 0.25) is 0 Å². The van der Waals surface area contributed by atoms with Crippen molar-refractivity contribution in [3.8, 4) is 5.88 Å². The van der Waals surface area contributed by atoms with E-state index in [0.717, 1.165) is 12.2 Å². The molecule has 0 spiro atoms. The van der Waals surface area contributed by atoms with Crippen LogP contribution in [-0.4, -0.2) is 18.3 Å². The van der Waals surface area contributed by atoms with Crippen molar-refractivity contribution in [3.05, 3.63) is 11.8 Å². The molecule has 1 aromatic heterocycles. The molecule has 0 radical (unpaired) electrons. The zero-order valence-electron chi connectivity index (χ0n) is 6.54. The van der Waals surface area contributed by atoms with Gasteiger partial charge in [0.05, 0.1) is 6.61 Å². The normalized spacial score (nSPS) is 10.0. The molecule has 62 valence electrons. The Morgan fingerprint density at radius 2 is 2.55 bits per heavy atom. The highest BCUT2D eigenvalue weighted by atomic mass is 16.5. The van der Waals surface area contributed by atoms with Crippen LogP contribution in [0.4, 0.5) is 0 Å². The van der Waals surface area contributed by atoms with E-state index in [2.05, 4.69) is 5.16 Å². The molecule has 0 saturated carbocycles. The molecule has 0 unspecified atom stereocenters. The number of ether oxygens (including phenoxy) is 1. The highest BCUT2D eigenvalue weighted by Crippen LogP contribution is 2.09. The summed E-state index contributed by atoms with van der Waals surface area (Å²) in [4.78, 5) is 0. The van der Waals surface area contributed by atoms with Gasteiger partial charge in [-0.25, -0.2) is 0 Å². The Morgan fingerprint density at radius 1 is 1.73 bits per heavy atom. The Hall–Kier alpha value is -1.03. The molecule has 1 heterocycles. The molecule has 0 aliphatic carbocycles. The molecule has 1 rings (SSSR count). The number of hydrogen-bond acceptors (Lipinski definition) is 4. The molecule has 0 fully saturated rings. The van der Waals surface area contributed by atoms with Crippen LogP contribution in [0.3, 0.4) is 0 Å². The van der Waals surface area contributed by atoms with Gasteiger partial charge in [0.1, 0.15) is 5.76 Å². The zero-order valence-corrected chi connectivity index (χ0v) is 6.54. The highest BCUT2D eigenvalue weighted by molar-refractivity contribution is 5.09. The summed E-state index contributed by atoms with van der Waals surface area (Å²) in [6, 6.07) is 1.75. The molecule has 11 heavy (non-hydrogen) atoms. The van der Waals surface area contributed by atoms with Gasteiger partial charge in [0.15, 0.2) is 0 Å². The van der Waals surface area contributed by atoms with Crippen LogP contribution >= 0.6 is 0 Å². The number of hydrogen-bond donors (Lipinski definition) is 1. The van der Waals surface area contributed by atoms with E-state index in [-0.39, 0.29) is 0 Å². The van der Waals surface area contributed by atoms with E-state index in [1.807, 2.05) is 6.92 Å². The van der Waals surface area contributed by atoms with Crippen molar-refractivity contribution in [3.63, 3.8) is 0 Å². The Bertz CT molecular complexity index is 210. The van der Waals surface area contributed by atoms with E-state index in [9.17, 15) is 0 Å². The molecule has 0 amide bonds. The summed E-state index contributed by atoms with van der Waals surface area (Å²) in [6.45, 7) is 3.06. The quantitative estimate of drug-likeness (QED) is 0.652. The SMILES string of the molecule is Cc1cc(OCCCN)no1. The van der Waals surface area contributed by atoms with Gasteiger partial charge in [-0.3, -0.25) is 0 Å². The maximum absolute atomic E-state index is 5.27. The largest absolute Gasteiger partial charge is 0.475 e. The number of aryl methyl sites for hydroxylation is 1. The molecular weight excluding hydrogens is 144 g/mol. The van der Waals surface area contributed by atoms with Gasteiger partial charge in [-0.15, -0.1) is 0 Å². The van der Waals surface area contributed by atoms with Crippen molar-refractivity contribution in [2.24, 2.45) is 5.73 Å². The minimum absolute atomic E-state index is 0.538. The van der Waals surface area contributed by atoms with E-state index in [0.29, 0.717) is 19.0 Å². The first-order valence-electron chi connectivity index (χ1n) is 3.59. The number of rotatable bonds is 4. The molecule has 4 heteroatoms. The average Bonchev–Trinajstić information content (AvgIpc) is 2.37. The maximum atomic E-state index is 5.27. The summed E-state index contributed by atoms with van der Waals surface area (Å²) < 4.78 is 9.97. The first-order chi connectivity index (χ1) is 5.33. The zero-order chi connectivity index (χ0) is 8.10. The van der Waals surface area contributed by atoms with Crippen LogP contribution < -0.4 is 10.5 Å². The third kappa shape index (κ3) is 2.59. The van der Waals surface area contributed by atoms with Gasteiger partial charge < -0.3 is 15.0 Å². The van der Waals surface area contributed by atoms with Crippen molar-refractivity contribution in [2.45, 2.75) is 13.3 Å². The summed E-state index contributed by atoms with van der Waals surface area (Å²) >= 11 is 0. The van der Waals surface area contributed by atoms with Crippen molar-refractivity contribution >= 4 is 0 Å². The molecule has 0 aliphatic heterocycles. The third-order valence-electron chi connectivity index (χ3n) is 1.20. The van der Waals surface area contributed by atoms with Crippen LogP contribution in [0.25, 0.3) is 0 Å². The second-order valence-corrected chi connectivity index (χ2v) is 2.27. The van der Waals surface area contributed by atoms with Crippen LogP contribution in [-0.2, 0) is 0 Å². The van der Waals surface area contributed by atoms with Gasteiger partial charge >= 0.3 is 0 Å². The van der Waals surface area contributed by atoms with Crippen LogP contribution in [0, 0.1) is 6.92 Å². The molecule has 1 aromatic rings. The fourth-order valence-electron chi connectivity index (χ4n) is 0.672. The highest BCUT2D eigenvalue weighted by Gasteiger charge is 1.98. The summed E-state index contributed by atoms with van der Waals surface area (Å²) in [5.74, 6) is 1.30. The lowest BCUT2D eigenvalue weighted by Gasteiger charge is -1.97. The van der Waals surface area contributed by atoms with Crippen LogP contribution in [0.2, 0.25) is 0 Å². The standard InChI is InChI=1S/C7H12N2O2/c1-6-5-7(9-11-6)10-4-2-3-8/h5H,2-4,8H2,1H3. The predicted octanol–water partition coefficient (Wildman–Crippen LogP) is 0.711. The average molecular weight is 156 g/mol. The Labute approximate surface area is 65.3 Å². The topological polar surface area (TPSA) is 61.3 Å².